The van der Waals surface area contributed by atoms with E-state index in [9.17, 15) is 0 Å². The first-order valence-corrected chi connectivity index (χ1v) is 6.50. The fraction of sp³-hybridized carbons (Fsp3) is 0.462. The second-order valence-corrected chi connectivity index (χ2v) is 4.25. The van der Waals surface area contributed by atoms with E-state index in [1.165, 1.54) is 0 Å². The van der Waals surface area contributed by atoms with Gasteiger partial charge in [0.2, 0.25) is 0 Å². The first-order chi connectivity index (χ1) is 9.78. The van der Waals surface area contributed by atoms with Crippen molar-refractivity contribution in [1.82, 2.24) is 25.5 Å². The largest absolute Gasteiger partial charge is 0.497 e. The summed E-state index contributed by atoms with van der Waals surface area (Å²) in [6.07, 6.45) is 1.06. The lowest BCUT2D eigenvalue weighted by molar-refractivity contribution is 0.393. The van der Waals surface area contributed by atoms with Crippen molar-refractivity contribution in [2.24, 2.45) is 0 Å². The molecule has 1 aromatic heterocycles. The van der Waals surface area contributed by atoms with Gasteiger partial charge in [-0.2, -0.15) is 4.68 Å². The van der Waals surface area contributed by atoms with E-state index < -0.39 is 0 Å². The third-order valence-corrected chi connectivity index (χ3v) is 2.82. The van der Waals surface area contributed by atoms with Gasteiger partial charge in [0.15, 0.2) is 5.82 Å². The molecule has 0 atom stereocenters. The normalized spacial score (nSPS) is 10.6. The molecule has 0 bridgehead atoms. The molecule has 20 heavy (non-hydrogen) atoms. The number of aromatic nitrogens is 4. The van der Waals surface area contributed by atoms with Gasteiger partial charge >= 0.3 is 0 Å². The minimum Gasteiger partial charge on any atom is -0.497 e. The number of tetrazole rings is 1. The molecule has 2 aromatic rings. The van der Waals surface area contributed by atoms with E-state index in [4.69, 9.17) is 9.47 Å². The summed E-state index contributed by atoms with van der Waals surface area (Å²) in [5.74, 6) is 2.14. The Morgan fingerprint density at radius 1 is 1.15 bits per heavy atom. The molecular formula is C13H19N5O2. The first-order valence-electron chi connectivity index (χ1n) is 6.50. The lowest BCUT2D eigenvalue weighted by atomic mass is 10.2. The quantitative estimate of drug-likeness (QED) is 0.766. The number of methoxy groups -OCH3 is 2. The number of benzene rings is 1. The van der Waals surface area contributed by atoms with Crippen molar-refractivity contribution >= 4 is 0 Å². The van der Waals surface area contributed by atoms with Gasteiger partial charge in [-0.05, 0) is 23.4 Å². The molecule has 0 radical (unpaired) electrons. The smallest absolute Gasteiger partial charge is 0.170 e. The summed E-state index contributed by atoms with van der Waals surface area (Å²) >= 11 is 0. The number of hydrogen-bond acceptors (Lipinski definition) is 6. The highest BCUT2D eigenvalue weighted by atomic mass is 16.5. The zero-order valence-corrected chi connectivity index (χ0v) is 12.0. The Morgan fingerprint density at radius 3 is 2.45 bits per heavy atom. The summed E-state index contributed by atoms with van der Waals surface area (Å²) in [6.45, 7) is 3.65. The average molecular weight is 277 g/mol. The van der Waals surface area contributed by atoms with Crippen LogP contribution in [0.2, 0.25) is 0 Å². The molecule has 0 aliphatic rings. The van der Waals surface area contributed by atoms with E-state index in [0.29, 0.717) is 18.0 Å². The molecule has 1 N–H and O–H groups in total. The molecule has 7 heteroatoms. The van der Waals surface area contributed by atoms with Crippen LogP contribution in [0.1, 0.15) is 19.2 Å². The summed E-state index contributed by atoms with van der Waals surface area (Å²) in [7, 11) is 3.23. The van der Waals surface area contributed by atoms with Crippen LogP contribution in [0.5, 0.6) is 11.5 Å². The molecule has 2 rings (SSSR count). The highest BCUT2D eigenvalue weighted by Crippen LogP contribution is 2.24. The van der Waals surface area contributed by atoms with Gasteiger partial charge in [-0.25, -0.2) is 0 Å². The van der Waals surface area contributed by atoms with Crippen LogP contribution in [0.4, 0.5) is 0 Å². The van der Waals surface area contributed by atoms with E-state index >= 15 is 0 Å². The molecular weight excluding hydrogens is 258 g/mol. The molecule has 0 aliphatic heterocycles. The lowest BCUT2D eigenvalue weighted by Gasteiger charge is -2.09. The highest BCUT2D eigenvalue weighted by Gasteiger charge is 2.10. The van der Waals surface area contributed by atoms with Gasteiger partial charge in [0, 0.05) is 18.2 Å². The van der Waals surface area contributed by atoms with Crippen molar-refractivity contribution in [3.63, 3.8) is 0 Å². The predicted octanol–water partition coefficient (Wildman–Crippen LogP) is 1.18. The fourth-order valence-electron chi connectivity index (χ4n) is 1.81. The van der Waals surface area contributed by atoms with Gasteiger partial charge in [-0.15, -0.1) is 5.10 Å². The molecule has 7 nitrogen and oxygen atoms in total. The maximum atomic E-state index is 5.26. The molecule has 0 fully saturated rings. The molecule has 0 saturated carbocycles. The van der Waals surface area contributed by atoms with Crippen LogP contribution in [-0.4, -0.2) is 41.0 Å². The zero-order valence-electron chi connectivity index (χ0n) is 12.0. The Labute approximate surface area is 117 Å². The van der Waals surface area contributed by atoms with Crippen LogP contribution in [-0.2, 0) is 6.54 Å². The fourth-order valence-corrected chi connectivity index (χ4v) is 1.81. The second kappa shape index (κ2) is 6.85. The maximum absolute atomic E-state index is 5.26. The average Bonchev–Trinajstić information content (AvgIpc) is 2.95. The van der Waals surface area contributed by atoms with E-state index in [2.05, 4.69) is 27.8 Å². The van der Waals surface area contributed by atoms with Gasteiger partial charge in [0.25, 0.3) is 0 Å². The number of nitrogens with one attached hydrogen (secondary N) is 1. The van der Waals surface area contributed by atoms with Crippen LogP contribution < -0.4 is 14.8 Å². The summed E-state index contributed by atoms with van der Waals surface area (Å²) < 4.78 is 12.2. The molecule has 0 unspecified atom stereocenters. The summed E-state index contributed by atoms with van der Waals surface area (Å²) in [4.78, 5) is 0. The van der Waals surface area contributed by atoms with Crippen LogP contribution in [0, 0.1) is 0 Å². The molecule has 0 aliphatic carbocycles. The predicted molar refractivity (Wildman–Crippen MR) is 74.3 cm³/mol. The summed E-state index contributed by atoms with van der Waals surface area (Å²) in [6, 6.07) is 5.53. The van der Waals surface area contributed by atoms with E-state index in [-0.39, 0.29) is 0 Å². The third kappa shape index (κ3) is 3.24. The van der Waals surface area contributed by atoms with Crippen LogP contribution >= 0.6 is 0 Å². The Kier molecular flexibility index (Phi) is 4.89. The number of ether oxygens (including phenoxy) is 2. The van der Waals surface area contributed by atoms with Gasteiger partial charge < -0.3 is 14.8 Å². The number of hydrogen-bond donors (Lipinski definition) is 1. The Bertz CT molecular complexity index is 533. The van der Waals surface area contributed by atoms with Gasteiger partial charge in [0.05, 0.1) is 26.5 Å². The Hall–Kier alpha value is -2.15. The highest BCUT2D eigenvalue weighted by molar-refractivity contribution is 5.46. The Morgan fingerprint density at radius 2 is 1.85 bits per heavy atom. The molecule has 0 amide bonds. The SMILES string of the molecule is CCCNCc1nnnn1-c1cc(OC)cc(OC)c1. The topological polar surface area (TPSA) is 74.1 Å². The van der Waals surface area contributed by atoms with E-state index in [1.54, 1.807) is 18.9 Å². The molecule has 1 aromatic carbocycles. The van der Waals surface area contributed by atoms with Crippen molar-refractivity contribution < 1.29 is 9.47 Å². The van der Waals surface area contributed by atoms with Gasteiger partial charge in [0.1, 0.15) is 11.5 Å². The van der Waals surface area contributed by atoms with E-state index in [0.717, 1.165) is 24.5 Å². The van der Waals surface area contributed by atoms with Crippen LogP contribution in [0.25, 0.3) is 5.69 Å². The van der Waals surface area contributed by atoms with Crippen molar-refractivity contribution in [3.8, 4) is 17.2 Å². The summed E-state index contributed by atoms with van der Waals surface area (Å²) in [5, 5.41) is 15.1. The molecule has 108 valence electrons. The Balaban J connectivity index is 2.29. The minimum absolute atomic E-state index is 0.611. The monoisotopic (exact) mass is 277 g/mol. The number of rotatable bonds is 7. The molecule has 0 saturated heterocycles. The van der Waals surface area contributed by atoms with Crippen molar-refractivity contribution in [2.45, 2.75) is 19.9 Å². The lowest BCUT2D eigenvalue weighted by Crippen LogP contribution is -2.17. The first kappa shape index (κ1) is 14.3. The van der Waals surface area contributed by atoms with Crippen molar-refractivity contribution in [1.29, 1.82) is 0 Å². The van der Waals surface area contributed by atoms with E-state index in [1.807, 2.05) is 18.2 Å². The van der Waals surface area contributed by atoms with Crippen LogP contribution in [0.3, 0.4) is 0 Å². The zero-order chi connectivity index (χ0) is 14.4. The third-order valence-electron chi connectivity index (χ3n) is 2.82. The maximum Gasteiger partial charge on any atom is 0.170 e. The van der Waals surface area contributed by atoms with Gasteiger partial charge in [-0.1, -0.05) is 6.92 Å². The minimum atomic E-state index is 0.611. The number of nitrogens with zero attached hydrogens (tertiary/aromatic N) is 4. The van der Waals surface area contributed by atoms with Crippen LogP contribution in [0.15, 0.2) is 18.2 Å². The summed E-state index contributed by atoms with van der Waals surface area (Å²) in [5.41, 5.74) is 0.805. The standard InChI is InChI=1S/C13H19N5O2/c1-4-5-14-9-13-15-16-17-18(13)10-6-11(19-2)8-12(7-10)20-3/h6-8,14H,4-5,9H2,1-3H3. The molecule has 0 spiro atoms. The van der Waals surface area contributed by atoms with Gasteiger partial charge in [-0.3, -0.25) is 0 Å². The van der Waals surface area contributed by atoms with Crippen molar-refractivity contribution in [2.75, 3.05) is 20.8 Å². The molecule has 1 heterocycles. The van der Waals surface area contributed by atoms with Crippen molar-refractivity contribution in [3.05, 3.63) is 24.0 Å². The second-order valence-electron chi connectivity index (χ2n) is 4.25.